The second kappa shape index (κ2) is 8.65. The summed E-state index contributed by atoms with van der Waals surface area (Å²) in [7, 11) is 0. The Morgan fingerprint density at radius 2 is 1.96 bits per heavy atom. The molecular weight excluding hydrogens is 402 g/mol. The molecule has 0 radical (unpaired) electrons. The summed E-state index contributed by atoms with van der Waals surface area (Å²) in [6.45, 7) is 3.86. The van der Waals surface area contributed by atoms with E-state index < -0.39 is 0 Å². The van der Waals surface area contributed by atoms with Crippen LogP contribution in [0.25, 0.3) is 0 Å². The van der Waals surface area contributed by atoms with Crippen LogP contribution in [-0.2, 0) is 17.8 Å². The number of amides is 2. The molecule has 0 aliphatic carbocycles. The molecule has 140 valence electrons. The first-order valence-corrected chi connectivity index (χ1v) is 10.3. The van der Waals surface area contributed by atoms with Gasteiger partial charge in [0.25, 0.3) is 5.91 Å². The van der Waals surface area contributed by atoms with Crippen LogP contribution in [0.1, 0.15) is 37.5 Å². The van der Waals surface area contributed by atoms with Gasteiger partial charge in [0, 0.05) is 34.3 Å². The number of hydrogen-bond acceptors (Lipinski definition) is 5. The topological polar surface area (TPSA) is 71.1 Å². The van der Waals surface area contributed by atoms with Crippen molar-refractivity contribution in [3.05, 3.63) is 67.3 Å². The fourth-order valence-corrected chi connectivity index (χ4v) is 4.25. The van der Waals surface area contributed by atoms with Crippen molar-refractivity contribution in [2.75, 3.05) is 5.32 Å². The highest BCUT2D eigenvalue weighted by Gasteiger charge is 2.12. The van der Waals surface area contributed by atoms with Crippen LogP contribution in [0.5, 0.6) is 0 Å². The summed E-state index contributed by atoms with van der Waals surface area (Å²) in [6, 6.07) is 9.58. The zero-order valence-corrected chi connectivity index (χ0v) is 17.2. The average Bonchev–Trinajstić information content (AvgIpc) is 3.26. The summed E-state index contributed by atoms with van der Waals surface area (Å²) in [5.41, 5.74) is 2.15. The Bertz CT molecular complexity index is 981. The summed E-state index contributed by atoms with van der Waals surface area (Å²) >= 11 is 8.97. The van der Waals surface area contributed by atoms with Crippen LogP contribution in [0.3, 0.4) is 0 Å². The van der Waals surface area contributed by atoms with Gasteiger partial charge in [-0.3, -0.25) is 14.9 Å². The van der Waals surface area contributed by atoms with Gasteiger partial charge in [-0.2, -0.15) is 0 Å². The van der Waals surface area contributed by atoms with E-state index in [0.717, 1.165) is 25.9 Å². The van der Waals surface area contributed by atoms with Crippen LogP contribution in [0, 0.1) is 6.92 Å². The van der Waals surface area contributed by atoms with Crippen LogP contribution in [-0.4, -0.2) is 16.8 Å². The first kappa shape index (κ1) is 19.5. The molecule has 0 spiro atoms. The maximum absolute atomic E-state index is 12.4. The van der Waals surface area contributed by atoms with E-state index in [1.807, 2.05) is 31.2 Å². The molecule has 0 fully saturated rings. The predicted molar refractivity (Wildman–Crippen MR) is 111 cm³/mol. The molecule has 3 rings (SSSR count). The van der Waals surface area contributed by atoms with Gasteiger partial charge in [0.15, 0.2) is 5.13 Å². The summed E-state index contributed by atoms with van der Waals surface area (Å²) in [6.07, 6.45) is 2.48. The van der Waals surface area contributed by atoms with Crippen molar-refractivity contribution in [2.45, 2.75) is 26.8 Å². The van der Waals surface area contributed by atoms with Crippen molar-refractivity contribution in [3.63, 3.8) is 0 Å². The minimum Gasteiger partial charge on any atom is -0.351 e. The van der Waals surface area contributed by atoms with Gasteiger partial charge in [-0.25, -0.2) is 4.98 Å². The van der Waals surface area contributed by atoms with E-state index in [9.17, 15) is 9.59 Å². The molecule has 1 aromatic carbocycles. The molecule has 0 bridgehead atoms. The van der Waals surface area contributed by atoms with Gasteiger partial charge >= 0.3 is 0 Å². The van der Waals surface area contributed by atoms with E-state index in [-0.39, 0.29) is 11.8 Å². The van der Waals surface area contributed by atoms with Crippen molar-refractivity contribution in [2.24, 2.45) is 0 Å². The smallest absolute Gasteiger partial charge is 0.267 e. The number of thiophene rings is 1. The van der Waals surface area contributed by atoms with Gasteiger partial charge in [-0.1, -0.05) is 23.7 Å². The van der Waals surface area contributed by atoms with Crippen molar-refractivity contribution < 1.29 is 9.59 Å². The predicted octanol–water partition coefficient (Wildman–Crippen LogP) is 4.65. The molecule has 0 saturated heterocycles. The lowest BCUT2D eigenvalue weighted by Gasteiger charge is -2.02. The molecule has 0 aliphatic rings. The number of hydrogen-bond donors (Lipinski definition) is 2. The molecule has 27 heavy (non-hydrogen) atoms. The Hall–Kier alpha value is -2.22. The van der Waals surface area contributed by atoms with Crippen LogP contribution in [0.4, 0.5) is 5.13 Å². The number of anilines is 1. The zero-order valence-electron chi connectivity index (χ0n) is 14.8. The van der Waals surface area contributed by atoms with Gasteiger partial charge in [-0.05, 0) is 36.2 Å². The number of nitrogens with one attached hydrogen (secondary N) is 2. The molecule has 3 aromatic rings. The van der Waals surface area contributed by atoms with Crippen molar-refractivity contribution >= 4 is 51.2 Å². The number of aryl methyl sites for hydroxylation is 1. The number of halogens is 1. The highest BCUT2D eigenvalue weighted by Crippen LogP contribution is 2.25. The van der Waals surface area contributed by atoms with E-state index in [1.165, 1.54) is 29.6 Å². The average molecular weight is 420 g/mol. The number of carbonyl (C=O) groups is 2. The second-order valence-electron chi connectivity index (χ2n) is 6.02. The van der Waals surface area contributed by atoms with Crippen LogP contribution >= 0.6 is 34.3 Å². The van der Waals surface area contributed by atoms with Gasteiger partial charge in [0.05, 0.1) is 11.4 Å². The standard InChI is InChI=1S/C19H18ClN3O2S2/c1-11-3-4-13(8-16(11)20)7-15-10-22-19(27-15)23-18(25)17-6-5-14(26-17)9-21-12(2)24/h3-6,8,10H,7,9H2,1-2H3,(H,21,24)(H,22,23,25). The van der Waals surface area contributed by atoms with Gasteiger partial charge in [0.2, 0.25) is 5.91 Å². The fourth-order valence-electron chi connectivity index (χ4n) is 2.36. The Labute approximate surface area is 170 Å². The van der Waals surface area contributed by atoms with E-state index in [2.05, 4.69) is 15.6 Å². The third-order valence-electron chi connectivity index (χ3n) is 3.79. The Balaban J connectivity index is 1.60. The van der Waals surface area contributed by atoms with Crippen molar-refractivity contribution in [1.82, 2.24) is 10.3 Å². The minimum absolute atomic E-state index is 0.0976. The van der Waals surface area contributed by atoms with E-state index in [1.54, 1.807) is 12.3 Å². The quantitative estimate of drug-likeness (QED) is 0.611. The monoisotopic (exact) mass is 419 g/mol. The SMILES string of the molecule is CC(=O)NCc1ccc(C(=O)Nc2ncc(Cc3ccc(C)c(Cl)c3)s2)s1. The number of carbonyl (C=O) groups excluding carboxylic acids is 2. The summed E-state index contributed by atoms with van der Waals surface area (Å²) in [5, 5.41) is 6.85. The molecule has 5 nitrogen and oxygen atoms in total. The zero-order chi connectivity index (χ0) is 19.4. The number of rotatable bonds is 6. The lowest BCUT2D eigenvalue weighted by Crippen LogP contribution is -2.18. The first-order chi connectivity index (χ1) is 12.9. The normalized spacial score (nSPS) is 10.6. The molecule has 0 atom stereocenters. The minimum atomic E-state index is -0.201. The Morgan fingerprint density at radius 3 is 2.70 bits per heavy atom. The fraction of sp³-hybridized carbons (Fsp3) is 0.211. The number of nitrogens with zero attached hydrogens (tertiary/aromatic N) is 1. The van der Waals surface area contributed by atoms with E-state index >= 15 is 0 Å². The number of aromatic nitrogens is 1. The highest BCUT2D eigenvalue weighted by molar-refractivity contribution is 7.16. The summed E-state index contributed by atoms with van der Waals surface area (Å²) < 4.78 is 0. The number of benzene rings is 1. The molecule has 0 unspecified atom stereocenters. The second-order valence-corrected chi connectivity index (χ2v) is 8.71. The molecule has 2 amide bonds. The van der Waals surface area contributed by atoms with Gasteiger partial charge in [-0.15, -0.1) is 22.7 Å². The summed E-state index contributed by atoms with van der Waals surface area (Å²) in [5.74, 6) is -0.298. The molecule has 2 N–H and O–H groups in total. The highest BCUT2D eigenvalue weighted by atomic mass is 35.5. The Morgan fingerprint density at radius 1 is 1.15 bits per heavy atom. The molecule has 2 heterocycles. The molecule has 8 heteroatoms. The molecule has 2 aromatic heterocycles. The lowest BCUT2D eigenvalue weighted by atomic mass is 10.1. The Kier molecular flexibility index (Phi) is 6.26. The van der Waals surface area contributed by atoms with Crippen molar-refractivity contribution in [3.8, 4) is 0 Å². The molecule has 0 aliphatic heterocycles. The van der Waals surface area contributed by atoms with Crippen molar-refractivity contribution in [1.29, 1.82) is 0 Å². The maximum atomic E-state index is 12.4. The third kappa shape index (κ3) is 5.38. The van der Waals surface area contributed by atoms with Gasteiger partial charge < -0.3 is 5.32 Å². The van der Waals surface area contributed by atoms with Crippen LogP contribution < -0.4 is 10.6 Å². The lowest BCUT2D eigenvalue weighted by molar-refractivity contribution is -0.119. The number of thiazole rings is 1. The molecular formula is C19H18ClN3O2S2. The van der Waals surface area contributed by atoms with Crippen LogP contribution in [0.15, 0.2) is 36.5 Å². The van der Waals surface area contributed by atoms with Crippen LogP contribution in [0.2, 0.25) is 5.02 Å². The summed E-state index contributed by atoms with van der Waals surface area (Å²) in [4.78, 5) is 30.2. The van der Waals surface area contributed by atoms with E-state index in [4.69, 9.17) is 11.6 Å². The first-order valence-electron chi connectivity index (χ1n) is 8.25. The molecule has 0 saturated carbocycles. The van der Waals surface area contributed by atoms with E-state index in [0.29, 0.717) is 23.0 Å². The largest absolute Gasteiger partial charge is 0.351 e. The maximum Gasteiger partial charge on any atom is 0.267 e. The third-order valence-corrected chi connectivity index (χ3v) is 6.19. The van der Waals surface area contributed by atoms with Gasteiger partial charge in [0.1, 0.15) is 0 Å².